The van der Waals surface area contributed by atoms with E-state index in [0.717, 1.165) is 22.6 Å². The van der Waals surface area contributed by atoms with Crippen LogP contribution in [0, 0.1) is 24.7 Å². The number of carbonyl (C=O) groups excluding carboxylic acids is 2. The molecule has 4 heterocycles. The Morgan fingerprint density at radius 3 is 2.07 bits per heavy atom. The number of fused-ring (bicyclic) bond motifs is 1. The van der Waals surface area contributed by atoms with Crippen LogP contribution in [0.4, 0.5) is 5.82 Å². The molecule has 9 nitrogen and oxygen atoms in total. The van der Waals surface area contributed by atoms with Crippen LogP contribution in [0.5, 0.6) is 11.5 Å². The molecule has 2 saturated heterocycles. The number of hydrogen-bond donors (Lipinski definition) is 0. The average molecular weight is 569 g/mol. The van der Waals surface area contributed by atoms with Crippen LogP contribution in [-0.4, -0.2) is 45.2 Å². The maximum Gasteiger partial charge on any atom is 0.241 e. The molecule has 0 bridgehead atoms. The minimum Gasteiger partial charge on any atom is -0.491 e. The summed E-state index contributed by atoms with van der Waals surface area (Å²) in [5, 5.41) is 0. The number of rotatable bonds is 7. The van der Waals surface area contributed by atoms with Crippen molar-refractivity contribution in [2.24, 2.45) is 10.8 Å². The van der Waals surface area contributed by atoms with Gasteiger partial charge in [0.15, 0.2) is 5.82 Å². The fourth-order valence-electron chi connectivity index (χ4n) is 5.47. The number of hydrogen-bond acceptors (Lipinski definition) is 7. The summed E-state index contributed by atoms with van der Waals surface area (Å²) in [7, 11) is 0. The van der Waals surface area contributed by atoms with Crippen molar-refractivity contribution in [2.45, 2.75) is 66.4 Å². The summed E-state index contributed by atoms with van der Waals surface area (Å²) < 4.78 is 21.0. The van der Waals surface area contributed by atoms with Gasteiger partial charge in [0.05, 0.1) is 22.7 Å². The number of nitrogens with zero attached hydrogens (tertiary/aromatic N) is 4. The summed E-state index contributed by atoms with van der Waals surface area (Å²) in [5.74, 6) is 1.18. The predicted octanol–water partition coefficient (Wildman–Crippen LogP) is 5.79. The van der Waals surface area contributed by atoms with E-state index in [-0.39, 0.29) is 29.8 Å². The van der Waals surface area contributed by atoms with Crippen molar-refractivity contribution < 1.29 is 23.8 Å². The van der Waals surface area contributed by atoms with Crippen molar-refractivity contribution in [2.75, 3.05) is 11.5 Å². The quantitative estimate of drug-likeness (QED) is 0.261. The summed E-state index contributed by atoms with van der Waals surface area (Å²) in [6.45, 7) is 11.6. The molecule has 218 valence electrons. The van der Waals surface area contributed by atoms with Gasteiger partial charge in [0.1, 0.15) is 42.1 Å². The SMILES string of the molecule is Cc1ccc(OC[C@H]2O[C@@H](n3cnc4c(N5C(=O)C(C)(C)C(C)(C)C5=O)nccc43)C[C@@H]2Oc2ccc(C)cc2)cc1. The molecule has 2 aliphatic rings. The Morgan fingerprint density at radius 2 is 1.45 bits per heavy atom. The summed E-state index contributed by atoms with van der Waals surface area (Å²) in [6.07, 6.45) is 2.76. The molecule has 2 aromatic heterocycles. The standard InChI is InChI=1S/C33H36N4O5/c1-20-7-11-22(12-8-20)40-18-26-25(41-23-13-9-21(2)10-14-23)17-27(42-26)36-19-35-28-24(36)15-16-34-29(28)37-30(38)32(3,4)33(5,6)31(37)39/h7-16,19,25-27H,17-18H2,1-6H3/t25-,26+,27+/m0/s1. The number of pyridine rings is 1. The molecule has 0 radical (unpaired) electrons. The van der Waals surface area contributed by atoms with E-state index < -0.39 is 17.1 Å². The van der Waals surface area contributed by atoms with Crippen molar-refractivity contribution in [3.8, 4) is 11.5 Å². The highest BCUT2D eigenvalue weighted by Crippen LogP contribution is 2.49. The number of amides is 2. The second kappa shape index (κ2) is 10.2. The molecule has 2 fully saturated rings. The summed E-state index contributed by atoms with van der Waals surface area (Å²) >= 11 is 0. The Morgan fingerprint density at radius 1 is 0.857 bits per heavy atom. The molecule has 2 aromatic carbocycles. The number of ether oxygens (including phenoxy) is 3. The van der Waals surface area contributed by atoms with Gasteiger partial charge in [-0.2, -0.15) is 0 Å². The third kappa shape index (κ3) is 4.61. The maximum absolute atomic E-state index is 13.4. The first-order valence-electron chi connectivity index (χ1n) is 14.3. The molecular formula is C33H36N4O5. The van der Waals surface area contributed by atoms with Gasteiger partial charge in [-0.3, -0.25) is 9.59 Å². The van der Waals surface area contributed by atoms with E-state index >= 15 is 0 Å². The van der Waals surface area contributed by atoms with Crippen LogP contribution in [0.1, 0.15) is 51.5 Å². The van der Waals surface area contributed by atoms with Gasteiger partial charge in [0.2, 0.25) is 11.8 Å². The highest BCUT2D eigenvalue weighted by molar-refractivity contribution is 6.26. The van der Waals surface area contributed by atoms with Gasteiger partial charge in [0, 0.05) is 12.6 Å². The largest absolute Gasteiger partial charge is 0.491 e. The van der Waals surface area contributed by atoms with Crippen LogP contribution < -0.4 is 14.4 Å². The molecule has 2 aliphatic heterocycles. The zero-order chi connectivity index (χ0) is 29.8. The Balaban J connectivity index is 1.30. The molecule has 0 saturated carbocycles. The number of aryl methyl sites for hydroxylation is 2. The lowest BCUT2D eigenvalue weighted by molar-refractivity contribution is -0.129. The first-order valence-corrected chi connectivity index (χ1v) is 14.3. The number of imide groups is 1. The molecule has 3 atom stereocenters. The van der Waals surface area contributed by atoms with Gasteiger partial charge >= 0.3 is 0 Å². The van der Waals surface area contributed by atoms with E-state index in [2.05, 4.69) is 9.97 Å². The Bertz CT molecular complexity index is 1620. The molecule has 6 rings (SSSR count). The van der Waals surface area contributed by atoms with E-state index in [1.54, 1.807) is 40.2 Å². The van der Waals surface area contributed by atoms with Gasteiger partial charge < -0.3 is 18.8 Å². The average Bonchev–Trinajstić information content (AvgIpc) is 3.60. The zero-order valence-corrected chi connectivity index (χ0v) is 24.8. The molecule has 0 N–H and O–H groups in total. The monoisotopic (exact) mass is 568 g/mol. The normalized spacial score (nSPS) is 23.1. The first kappa shape index (κ1) is 27.9. The summed E-state index contributed by atoms with van der Waals surface area (Å²) in [5.41, 5.74) is 1.73. The number of anilines is 1. The minimum atomic E-state index is -0.879. The van der Waals surface area contributed by atoms with E-state index in [4.69, 9.17) is 14.2 Å². The van der Waals surface area contributed by atoms with Gasteiger partial charge in [-0.05, 0) is 71.9 Å². The number of benzene rings is 2. The van der Waals surface area contributed by atoms with Crippen LogP contribution in [0.3, 0.4) is 0 Å². The van der Waals surface area contributed by atoms with Crippen LogP contribution in [0.15, 0.2) is 67.1 Å². The summed E-state index contributed by atoms with van der Waals surface area (Å²) in [6, 6.07) is 17.7. The number of imidazole rings is 1. The third-order valence-corrected chi connectivity index (χ3v) is 8.96. The second-order valence-corrected chi connectivity index (χ2v) is 12.3. The fraction of sp³-hybridized carbons (Fsp3) is 0.394. The van der Waals surface area contributed by atoms with Crippen LogP contribution >= 0.6 is 0 Å². The molecule has 0 unspecified atom stereocenters. The molecular weight excluding hydrogens is 532 g/mol. The van der Waals surface area contributed by atoms with Crippen molar-refractivity contribution in [1.29, 1.82) is 0 Å². The van der Waals surface area contributed by atoms with Crippen LogP contribution in [0.25, 0.3) is 11.0 Å². The lowest BCUT2D eigenvalue weighted by Crippen LogP contribution is -2.35. The first-order chi connectivity index (χ1) is 20.0. The Hall–Kier alpha value is -4.24. The Labute approximate surface area is 245 Å². The van der Waals surface area contributed by atoms with E-state index in [9.17, 15) is 9.59 Å². The molecule has 9 heteroatoms. The second-order valence-electron chi connectivity index (χ2n) is 12.3. The van der Waals surface area contributed by atoms with E-state index in [0.29, 0.717) is 24.1 Å². The van der Waals surface area contributed by atoms with Crippen molar-refractivity contribution >= 4 is 28.7 Å². The van der Waals surface area contributed by atoms with Crippen LogP contribution in [-0.2, 0) is 14.3 Å². The third-order valence-electron chi connectivity index (χ3n) is 8.96. The van der Waals surface area contributed by atoms with Gasteiger partial charge in [-0.15, -0.1) is 0 Å². The zero-order valence-electron chi connectivity index (χ0n) is 24.8. The smallest absolute Gasteiger partial charge is 0.241 e. The number of carbonyl (C=O) groups is 2. The van der Waals surface area contributed by atoms with Crippen LogP contribution in [0.2, 0.25) is 0 Å². The molecule has 2 amide bonds. The van der Waals surface area contributed by atoms with Crippen molar-refractivity contribution in [3.63, 3.8) is 0 Å². The maximum atomic E-state index is 13.4. The lowest BCUT2D eigenvalue weighted by Gasteiger charge is -2.28. The van der Waals surface area contributed by atoms with Gasteiger partial charge in [-0.25, -0.2) is 14.9 Å². The predicted molar refractivity (Wildman–Crippen MR) is 158 cm³/mol. The van der Waals surface area contributed by atoms with Crippen molar-refractivity contribution in [3.05, 3.63) is 78.2 Å². The van der Waals surface area contributed by atoms with Gasteiger partial charge in [-0.1, -0.05) is 35.4 Å². The molecule has 4 aromatic rings. The highest BCUT2D eigenvalue weighted by atomic mass is 16.6. The minimum absolute atomic E-state index is 0.240. The van der Waals surface area contributed by atoms with Gasteiger partial charge in [0.25, 0.3) is 0 Å². The lowest BCUT2D eigenvalue weighted by atomic mass is 9.70. The Kier molecular flexibility index (Phi) is 6.80. The topological polar surface area (TPSA) is 95.8 Å². The number of aromatic nitrogens is 3. The fourth-order valence-corrected chi connectivity index (χ4v) is 5.47. The summed E-state index contributed by atoms with van der Waals surface area (Å²) in [4.78, 5) is 37.1. The molecule has 0 spiro atoms. The molecule has 42 heavy (non-hydrogen) atoms. The van der Waals surface area contributed by atoms with E-state index in [1.807, 2.05) is 73.0 Å². The molecule has 0 aliphatic carbocycles. The highest BCUT2D eigenvalue weighted by Gasteiger charge is 2.60. The van der Waals surface area contributed by atoms with E-state index in [1.165, 1.54) is 4.90 Å². The van der Waals surface area contributed by atoms with Crippen molar-refractivity contribution in [1.82, 2.24) is 14.5 Å².